The molecule has 0 aliphatic heterocycles. The first kappa shape index (κ1) is 25.2. The number of aromatic nitrogens is 2. The lowest BCUT2D eigenvalue weighted by Crippen LogP contribution is -2.44. The fourth-order valence-corrected chi connectivity index (χ4v) is 5.04. The summed E-state index contributed by atoms with van der Waals surface area (Å²) in [5, 5.41) is 3.52. The third-order valence-electron chi connectivity index (χ3n) is 6.90. The smallest absolute Gasteiger partial charge is 0.317 e. The first-order valence-corrected chi connectivity index (χ1v) is 12.8. The van der Waals surface area contributed by atoms with E-state index in [1.54, 1.807) is 30.3 Å². The second kappa shape index (κ2) is 11.7. The molecule has 7 nitrogen and oxygen atoms in total. The summed E-state index contributed by atoms with van der Waals surface area (Å²) in [5.41, 5.74) is 0.660. The summed E-state index contributed by atoms with van der Waals surface area (Å²) >= 11 is 5.97. The van der Waals surface area contributed by atoms with E-state index in [0.717, 1.165) is 18.5 Å². The number of carbonyl (C=O) groups is 1. The lowest BCUT2D eigenvalue weighted by Gasteiger charge is -2.31. The van der Waals surface area contributed by atoms with Crippen LogP contribution in [0.25, 0.3) is 11.0 Å². The molecule has 186 valence electrons. The average molecular weight is 497 g/mol. The quantitative estimate of drug-likeness (QED) is 0.362. The van der Waals surface area contributed by atoms with Gasteiger partial charge in [0.2, 0.25) is 5.91 Å². The summed E-state index contributed by atoms with van der Waals surface area (Å²) < 4.78 is 2.73. The van der Waals surface area contributed by atoms with E-state index in [9.17, 15) is 14.4 Å². The number of benzene rings is 2. The van der Waals surface area contributed by atoms with Crippen LogP contribution in [0, 0.1) is 0 Å². The predicted octanol–water partition coefficient (Wildman–Crippen LogP) is 3.64. The molecule has 1 saturated carbocycles. The Morgan fingerprint density at radius 2 is 1.60 bits per heavy atom. The van der Waals surface area contributed by atoms with Crippen LogP contribution in [0.2, 0.25) is 5.02 Å². The number of hydrogen-bond acceptors (Lipinski definition) is 4. The van der Waals surface area contributed by atoms with Crippen molar-refractivity contribution in [2.24, 2.45) is 0 Å². The minimum Gasteiger partial charge on any atom is -0.355 e. The number of carbonyl (C=O) groups excluding carboxylic acids is 1. The van der Waals surface area contributed by atoms with Gasteiger partial charge in [-0.3, -0.25) is 23.5 Å². The zero-order valence-electron chi connectivity index (χ0n) is 20.2. The van der Waals surface area contributed by atoms with Gasteiger partial charge in [-0.1, -0.05) is 55.1 Å². The summed E-state index contributed by atoms with van der Waals surface area (Å²) in [7, 11) is 2.16. The van der Waals surface area contributed by atoms with Crippen LogP contribution in [0.15, 0.2) is 58.1 Å². The zero-order chi connectivity index (χ0) is 24.8. The Morgan fingerprint density at radius 3 is 2.29 bits per heavy atom. The molecule has 0 spiro atoms. The second-order valence-corrected chi connectivity index (χ2v) is 9.81. The largest absolute Gasteiger partial charge is 0.355 e. The fourth-order valence-electron chi connectivity index (χ4n) is 4.92. The number of hydrogen-bond donors (Lipinski definition) is 1. The van der Waals surface area contributed by atoms with Gasteiger partial charge in [-0.25, -0.2) is 0 Å². The molecule has 8 heteroatoms. The molecule has 1 N–H and O–H groups in total. The Labute approximate surface area is 210 Å². The number of nitrogens with zero attached hydrogens (tertiary/aromatic N) is 3. The van der Waals surface area contributed by atoms with Crippen LogP contribution in [0.4, 0.5) is 0 Å². The molecular weight excluding hydrogens is 464 g/mol. The van der Waals surface area contributed by atoms with Gasteiger partial charge in [-0.2, -0.15) is 0 Å². The summed E-state index contributed by atoms with van der Waals surface area (Å²) in [6.07, 6.45) is 7.28. The van der Waals surface area contributed by atoms with E-state index in [2.05, 4.69) is 17.3 Å². The van der Waals surface area contributed by atoms with Crippen molar-refractivity contribution in [1.82, 2.24) is 19.4 Å². The molecule has 1 fully saturated rings. The van der Waals surface area contributed by atoms with E-state index in [1.165, 1.54) is 41.2 Å². The molecule has 1 amide bonds. The van der Waals surface area contributed by atoms with E-state index in [4.69, 9.17) is 11.6 Å². The van der Waals surface area contributed by atoms with Gasteiger partial charge in [0.15, 0.2) is 0 Å². The van der Waals surface area contributed by atoms with Crippen LogP contribution in [-0.2, 0) is 17.9 Å². The molecule has 1 aliphatic rings. The standard InChI is InChI=1S/C27H33ClN4O3/c1-30(22-8-3-2-4-9-22)17-7-16-29-25(33)19-32-24-11-6-5-10-23(24)31(26(34)27(32)35)18-20-12-14-21(28)15-13-20/h5-6,10-15,22H,2-4,7-9,16-19H2,1H3,(H,29,33). The molecule has 1 aliphatic carbocycles. The summed E-state index contributed by atoms with van der Waals surface area (Å²) in [6.45, 7) is 1.52. The molecule has 0 atom stereocenters. The molecule has 1 heterocycles. The Balaban J connectivity index is 1.44. The maximum atomic E-state index is 13.0. The highest BCUT2D eigenvalue weighted by Gasteiger charge is 2.18. The molecule has 2 aromatic carbocycles. The Morgan fingerprint density at radius 1 is 0.971 bits per heavy atom. The van der Waals surface area contributed by atoms with Gasteiger partial charge in [0, 0.05) is 17.6 Å². The van der Waals surface area contributed by atoms with Gasteiger partial charge in [0.05, 0.1) is 17.6 Å². The maximum absolute atomic E-state index is 13.0. The van der Waals surface area contributed by atoms with E-state index < -0.39 is 11.1 Å². The molecular formula is C27H33ClN4O3. The number of fused-ring (bicyclic) bond motifs is 1. The maximum Gasteiger partial charge on any atom is 0.317 e. The highest BCUT2D eigenvalue weighted by molar-refractivity contribution is 6.30. The topological polar surface area (TPSA) is 76.3 Å². The normalized spacial score (nSPS) is 14.5. The van der Waals surface area contributed by atoms with Gasteiger partial charge in [0.1, 0.15) is 6.54 Å². The Hall–Kier alpha value is -2.90. The third kappa shape index (κ3) is 6.21. The van der Waals surface area contributed by atoms with Crippen molar-refractivity contribution in [1.29, 1.82) is 0 Å². The SMILES string of the molecule is CN(CCCNC(=O)Cn1c(=O)c(=O)n(Cc2ccc(Cl)cc2)c2ccccc21)C1CCCCC1. The van der Waals surface area contributed by atoms with Crippen molar-refractivity contribution in [3.63, 3.8) is 0 Å². The number of amides is 1. The molecule has 3 aromatic rings. The molecule has 0 bridgehead atoms. The lowest BCUT2D eigenvalue weighted by atomic mass is 9.94. The average Bonchev–Trinajstić information content (AvgIpc) is 2.88. The Kier molecular flexibility index (Phi) is 8.42. The molecule has 35 heavy (non-hydrogen) atoms. The van der Waals surface area contributed by atoms with Gasteiger partial charge < -0.3 is 10.2 Å². The molecule has 0 unspecified atom stereocenters. The molecule has 0 radical (unpaired) electrons. The number of halogens is 1. The predicted molar refractivity (Wildman–Crippen MR) is 140 cm³/mol. The summed E-state index contributed by atoms with van der Waals surface area (Å²) in [5.74, 6) is -0.271. The van der Waals surface area contributed by atoms with E-state index in [1.807, 2.05) is 18.2 Å². The molecule has 1 aromatic heterocycles. The minimum atomic E-state index is -0.704. The lowest BCUT2D eigenvalue weighted by molar-refractivity contribution is -0.121. The van der Waals surface area contributed by atoms with Gasteiger partial charge >= 0.3 is 11.1 Å². The van der Waals surface area contributed by atoms with Gasteiger partial charge in [0.25, 0.3) is 0 Å². The number of rotatable bonds is 9. The second-order valence-electron chi connectivity index (χ2n) is 9.37. The molecule has 4 rings (SSSR count). The van der Waals surface area contributed by atoms with Crippen molar-refractivity contribution in [2.45, 2.75) is 57.7 Å². The summed E-state index contributed by atoms with van der Waals surface area (Å²) in [4.78, 5) is 41.1. The van der Waals surface area contributed by atoms with Crippen molar-refractivity contribution in [3.8, 4) is 0 Å². The van der Waals surface area contributed by atoms with Crippen LogP contribution in [0.5, 0.6) is 0 Å². The van der Waals surface area contributed by atoms with E-state index in [-0.39, 0.29) is 19.0 Å². The van der Waals surface area contributed by atoms with Crippen LogP contribution in [0.1, 0.15) is 44.1 Å². The zero-order valence-corrected chi connectivity index (χ0v) is 21.0. The fraction of sp³-hybridized carbons (Fsp3) is 0.444. The summed E-state index contributed by atoms with van der Waals surface area (Å²) in [6, 6.07) is 15.0. The van der Waals surface area contributed by atoms with Crippen molar-refractivity contribution in [2.75, 3.05) is 20.1 Å². The first-order chi connectivity index (χ1) is 16.9. The van der Waals surface area contributed by atoms with Crippen molar-refractivity contribution >= 4 is 28.5 Å². The number of para-hydroxylation sites is 2. The minimum absolute atomic E-state index is 0.186. The van der Waals surface area contributed by atoms with Crippen LogP contribution in [-0.4, -0.2) is 46.1 Å². The third-order valence-corrected chi connectivity index (χ3v) is 7.15. The van der Waals surface area contributed by atoms with Crippen LogP contribution >= 0.6 is 11.6 Å². The Bertz CT molecular complexity index is 1280. The van der Waals surface area contributed by atoms with Gasteiger partial charge in [-0.15, -0.1) is 0 Å². The number of nitrogens with one attached hydrogen (secondary N) is 1. The monoisotopic (exact) mass is 496 g/mol. The highest BCUT2D eigenvalue weighted by atomic mass is 35.5. The van der Waals surface area contributed by atoms with Crippen molar-refractivity contribution in [3.05, 3.63) is 79.8 Å². The van der Waals surface area contributed by atoms with Crippen molar-refractivity contribution < 1.29 is 4.79 Å². The highest BCUT2D eigenvalue weighted by Crippen LogP contribution is 2.21. The molecule has 0 saturated heterocycles. The van der Waals surface area contributed by atoms with Crippen LogP contribution < -0.4 is 16.4 Å². The first-order valence-electron chi connectivity index (χ1n) is 12.4. The van der Waals surface area contributed by atoms with E-state index in [0.29, 0.717) is 28.6 Å². The van der Waals surface area contributed by atoms with Crippen LogP contribution in [0.3, 0.4) is 0 Å². The van der Waals surface area contributed by atoms with E-state index >= 15 is 0 Å². The van der Waals surface area contributed by atoms with Gasteiger partial charge in [-0.05, 0) is 62.7 Å².